The zero-order chi connectivity index (χ0) is 16.8. The van der Waals surface area contributed by atoms with E-state index in [2.05, 4.69) is 10.2 Å². The molecule has 1 aromatic heterocycles. The summed E-state index contributed by atoms with van der Waals surface area (Å²) in [4.78, 5) is 0.293. The lowest BCUT2D eigenvalue weighted by atomic mass is 9.95. The fourth-order valence-corrected chi connectivity index (χ4v) is 5.23. The average Bonchev–Trinajstić information content (AvgIpc) is 2.86. The van der Waals surface area contributed by atoms with Crippen LogP contribution in [0.2, 0.25) is 0 Å². The zero-order valence-corrected chi connectivity index (χ0v) is 14.6. The Kier molecular flexibility index (Phi) is 3.93. The van der Waals surface area contributed by atoms with Gasteiger partial charge in [0.2, 0.25) is 10.0 Å². The standard InChI is InChI=1S/C16H21N3O3S/c1-10-16(11(2)18-17-10)23(20,21)19-8-7-13-9-14(22-4)5-6-15(13)12(19)3/h5-6,9,12H,7-8H2,1-4H3,(H,17,18). The van der Waals surface area contributed by atoms with E-state index in [4.69, 9.17) is 4.74 Å². The molecule has 0 saturated heterocycles. The molecule has 0 amide bonds. The second-order valence-corrected chi connectivity index (χ2v) is 7.70. The number of aryl methyl sites for hydroxylation is 2. The summed E-state index contributed by atoms with van der Waals surface area (Å²) in [6.45, 7) is 5.82. The van der Waals surface area contributed by atoms with Gasteiger partial charge in [-0.25, -0.2) is 8.42 Å². The number of sulfonamides is 1. The number of fused-ring (bicyclic) bond motifs is 1. The van der Waals surface area contributed by atoms with Crippen LogP contribution in [0.4, 0.5) is 0 Å². The van der Waals surface area contributed by atoms with Crippen molar-refractivity contribution in [3.8, 4) is 5.75 Å². The molecule has 23 heavy (non-hydrogen) atoms. The fraction of sp³-hybridized carbons (Fsp3) is 0.438. The van der Waals surface area contributed by atoms with Crippen LogP contribution in [0.15, 0.2) is 23.1 Å². The lowest BCUT2D eigenvalue weighted by Crippen LogP contribution is -2.39. The van der Waals surface area contributed by atoms with Gasteiger partial charge in [-0.1, -0.05) is 6.07 Å². The van der Waals surface area contributed by atoms with E-state index in [1.165, 1.54) is 0 Å². The van der Waals surface area contributed by atoms with Crippen LogP contribution in [-0.2, 0) is 16.4 Å². The molecule has 2 aromatic rings. The first-order chi connectivity index (χ1) is 10.9. The molecule has 0 aliphatic carbocycles. The van der Waals surface area contributed by atoms with Crippen LogP contribution in [-0.4, -0.2) is 36.6 Å². The normalized spacial score (nSPS) is 18.7. The summed E-state index contributed by atoms with van der Waals surface area (Å²) in [5.74, 6) is 0.800. The molecule has 7 heteroatoms. The number of rotatable bonds is 3. The first-order valence-electron chi connectivity index (χ1n) is 7.56. The third-order valence-electron chi connectivity index (χ3n) is 4.46. The summed E-state index contributed by atoms with van der Waals surface area (Å²) in [5, 5.41) is 6.78. The number of nitrogens with one attached hydrogen (secondary N) is 1. The number of ether oxygens (including phenoxy) is 1. The van der Waals surface area contributed by atoms with Gasteiger partial charge in [0.15, 0.2) is 0 Å². The monoisotopic (exact) mass is 335 g/mol. The number of nitrogens with zero attached hydrogens (tertiary/aromatic N) is 2. The minimum absolute atomic E-state index is 0.219. The molecule has 0 bridgehead atoms. The summed E-state index contributed by atoms with van der Waals surface area (Å²) < 4.78 is 33.0. The molecule has 1 aliphatic heterocycles. The van der Waals surface area contributed by atoms with Gasteiger partial charge in [-0.05, 0) is 50.5 Å². The van der Waals surface area contributed by atoms with Crippen LogP contribution in [0.1, 0.15) is 35.5 Å². The van der Waals surface area contributed by atoms with Crippen LogP contribution in [0.3, 0.4) is 0 Å². The molecular formula is C16H21N3O3S. The van der Waals surface area contributed by atoms with Crippen molar-refractivity contribution < 1.29 is 13.2 Å². The molecule has 124 valence electrons. The van der Waals surface area contributed by atoms with Crippen molar-refractivity contribution in [1.29, 1.82) is 0 Å². The second kappa shape index (κ2) is 5.65. The van der Waals surface area contributed by atoms with Crippen molar-refractivity contribution in [1.82, 2.24) is 14.5 Å². The van der Waals surface area contributed by atoms with Gasteiger partial charge in [-0.3, -0.25) is 5.10 Å². The van der Waals surface area contributed by atoms with Crippen LogP contribution in [0.25, 0.3) is 0 Å². The lowest BCUT2D eigenvalue weighted by Gasteiger charge is -2.34. The smallest absolute Gasteiger partial charge is 0.247 e. The molecule has 6 nitrogen and oxygen atoms in total. The average molecular weight is 335 g/mol. The van der Waals surface area contributed by atoms with Crippen LogP contribution in [0.5, 0.6) is 5.75 Å². The van der Waals surface area contributed by atoms with Crippen LogP contribution in [0, 0.1) is 13.8 Å². The predicted molar refractivity (Wildman–Crippen MR) is 87.1 cm³/mol. The molecule has 0 spiro atoms. The van der Waals surface area contributed by atoms with Gasteiger partial charge in [-0.2, -0.15) is 9.40 Å². The maximum absolute atomic E-state index is 13.1. The summed E-state index contributed by atoms with van der Waals surface area (Å²) >= 11 is 0. The molecule has 3 rings (SSSR count). The third kappa shape index (κ3) is 2.53. The highest BCUT2D eigenvalue weighted by Crippen LogP contribution is 2.36. The van der Waals surface area contributed by atoms with Gasteiger partial charge in [0.25, 0.3) is 0 Å². The van der Waals surface area contributed by atoms with E-state index in [-0.39, 0.29) is 6.04 Å². The Morgan fingerprint density at radius 1 is 1.35 bits per heavy atom. The predicted octanol–water partition coefficient (Wildman–Crippen LogP) is 2.34. The van der Waals surface area contributed by atoms with Gasteiger partial charge in [-0.15, -0.1) is 0 Å². The molecular weight excluding hydrogens is 314 g/mol. The maximum atomic E-state index is 13.1. The molecule has 1 unspecified atom stereocenters. The first kappa shape index (κ1) is 16.0. The molecule has 0 saturated carbocycles. The Balaban J connectivity index is 2.02. The largest absolute Gasteiger partial charge is 0.497 e. The summed E-state index contributed by atoms with van der Waals surface area (Å²) in [5.41, 5.74) is 3.26. The van der Waals surface area contributed by atoms with Gasteiger partial charge >= 0.3 is 0 Å². The summed E-state index contributed by atoms with van der Waals surface area (Å²) in [7, 11) is -1.95. The van der Waals surface area contributed by atoms with Gasteiger partial charge in [0.1, 0.15) is 10.6 Å². The molecule has 1 atom stereocenters. The number of H-pyrrole nitrogens is 1. The minimum Gasteiger partial charge on any atom is -0.497 e. The van der Waals surface area contributed by atoms with E-state index in [1.54, 1.807) is 25.3 Å². The molecule has 1 N–H and O–H groups in total. The number of hydrogen-bond acceptors (Lipinski definition) is 4. The number of aromatic amines is 1. The Bertz CT molecular complexity index is 823. The molecule has 0 fully saturated rings. The van der Waals surface area contributed by atoms with E-state index in [0.717, 1.165) is 16.9 Å². The van der Waals surface area contributed by atoms with Gasteiger partial charge in [0.05, 0.1) is 18.5 Å². The van der Waals surface area contributed by atoms with Crippen molar-refractivity contribution in [2.45, 2.75) is 38.1 Å². The molecule has 1 aromatic carbocycles. The van der Waals surface area contributed by atoms with E-state index in [0.29, 0.717) is 29.2 Å². The maximum Gasteiger partial charge on any atom is 0.247 e. The van der Waals surface area contributed by atoms with Crippen molar-refractivity contribution in [2.24, 2.45) is 0 Å². The number of methoxy groups -OCH3 is 1. The van der Waals surface area contributed by atoms with E-state index in [9.17, 15) is 8.42 Å². The topological polar surface area (TPSA) is 75.3 Å². The molecule has 1 aliphatic rings. The minimum atomic E-state index is -3.58. The van der Waals surface area contributed by atoms with Gasteiger partial charge in [0, 0.05) is 12.6 Å². The fourth-order valence-electron chi connectivity index (χ4n) is 3.28. The highest BCUT2D eigenvalue weighted by Gasteiger charge is 2.36. The molecule has 2 heterocycles. The van der Waals surface area contributed by atoms with E-state index in [1.807, 2.05) is 25.1 Å². The zero-order valence-electron chi connectivity index (χ0n) is 13.8. The van der Waals surface area contributed by atoms with E-state index >= 15 is 0 Å². The van der Waals surface area contributed by atoms with Crippen molar-refractivity contribution in [2.75, 3.05) is 13.7 Å². The Morgan fingerprint density at radius 2 is 2.09 bits per heavy atom. The summed E-state index contributed by atoms with van der Waals surface area (Å²) in [6, 6.07) is 5.60. The Hall–Kier alpha value is -1.86. The molecule has 0 radical (unpaired) electrons. The first-order valence-corrected chi connectivity index (χ1v) is 9.00. The highest BCUT2D eigenvalue weighted by molar-refractivity contribution is 7.89. The SMILES string of the molecule is COc1ccc2c(c1)CCN(S(=O)(=O)c1c(C)n[nH]c1C)C2C. The lowest BCUT2D eigenvalue weighted by molar-refractivity contribution is 0.325. The van der Waals surface area contributed by atoms with Crippen molar-refractivity contribution in [3.05, 3.63) is 40.7 Å². The Morgan fingerprint density at radius 3 is 2.70 bits per heavy atom. The quantitative estimate of drug-likeness (QED) is 0.934. The van der Waals surface area contributed by atoms with Gasteiger partial charge < -0.3 is 4.74 Å². The van der Waals surface area contributed by atoms with E-state index < -0.39 is 10.0 Å². The van der Waals surface area contributed by atoms with Crippen molar-refractivity contribution in [3.63, 3.8) is 0 Å². The van der Waals surface area contributed by atoms with Crippen LogP contribution < -0.4 is 4.74 Å². The Labute approximate surface area is 136 Å². The van der Waals surface area contributed by atoms with Crippen LogP contribution >= 0.6 is 0 Å². The number of hydrogen-bond donors (Lipinski definition) is 1. The number of benzene rings is 1. The third-order valence-corrected chi connectivity index (χ3v) is 6.69. The number of aromatic nitrogens is 2. The van der Waals surface area contributed by atoms with Crippen molar-refractivity contribution >= 4 is 10.0 Å². The highest BCUT2D eigenvalue weighted by atomic mass is 32.2. The second-order valence-electron chi connectivity index (χ2n) is 5.87. The summed E-state index contributed by atoms with van der Waals surface area (Å²) in [6.07, 6.45) is 0.673.